The third-order valence-electron chi connectivity index (χ3n) is 5.03. The van der Waals surface area contributed by atoms with Gasteiger partial charge < -0.3 is 9.80 Å². The van der Waals surface area contributed by atoms with Crippen LogP contribution in [0.2, 0.25) is 5.02 Å². The maximum absolute atomic E-state index is 12.3. The molecule has 2 aromatic carbocycles. The minimum Gasteiger partial charge on any atom is -0.372 e. The fraction of sp³-hybridized carbons (Fsp3) is 0.286. The normalized spacial score (nSPS) is 17.5. The van der Waals surface area contributed by atoms with Crippen LogP contribution in [-0.4, -0.2) is 19.0 Å². The second-order valence-electron chi connectivity index (χ2n) is 6.72. The molecular formula is C21H21ClN2O. The Morgan fingerprint density at radius 1 is 1.00 bits per heavy atom. The van der Waals surface area contributed by atoms with E-state index in [0.717, 1.165) is 29.9 Å². The number of fused-ring (bicyclic) bond motifs is 2. The molecule has 2 heterocycles. The zero-order valence-electron chi connectivity index (χ0n) is 14.3. The van der Waals surface area contributed by atoms with Crippen molar-refractivity contribution < 1.29 is 4.79 Å². The monoisotopic (exact) mass is 352 g/mol. The highest BCUT2D eigenvalue weighted by molar-refractivity contribution is 6.30. The summed E-state index contributed by atoms with van der Waals surface area (Å²) in [6, 6.07) is 12.3. The molecule has 0 saturated carbocycles. The first kappa shape index (κ1) is 16.2. The molecule has 2 aliphatic heterocycles. The van der Waals surface area contributed by atoms with Gasteiger partial charge in [0, 0.05) is 30.7 Å². The largest absolute Gasteiger partial charge is 0.372 e. The molecule has 2 aromatic rings. The number of carbonyl (C=O) groups is 1. The molecule has 0 aliphatic carbocycles. The van der Waals surface area contributed by atoms with Crippen molar-refractivity contribution in [3.05, 3.63) is 58.1 Å². The van der Waals surface area contributed by atoms with Crippen LogP contribution in [0.4, 0.5) is 11.4 Å². The van der Waals surface area contributed by atoms with E-state index in [1.54, 1.807) is 6.92 Å². The SMILES string of the molecule is CC(=O)N1Cc2cc(N3CCCC3)ccc2/C=C\c2cc(Cl)ccc21. The van der Waals surface area contributed by atoms with E-state index < -0.39 is 0 Å². The van der Waals surface area contributed by atoms with E-state index in [-0.39, 0.29) is 5.91 Å². The molecule has 0 spiro atoms. The summed E-state index contributed by atoms with van der Waals surface area (Å²) in [6.45, 7) is 4.43. The van der Waals surface area contributed by atoms with Crippen molar-refractivity contribution in [1.82, 2.24) is 0 Å². The molecule has 128 valence electrons. The minimum atomic E-state index is 0.0383. The molecule has 0 radical (unpaired) electrons. The van der Waals surface area contributed by atoms with E-state index in [1.165, 1.54) is 24.1 Å². The Kier molecular flexibility index (Phi) is 4.26. The van der Waals surface area contributed by atoms with Crippen LogP contribution >= 0.6 is 11.6 Å². The summed E-state index contributed by atoms with van der Waals surface area (Å²) >= 11 is 6.15. The number of amides is 1. The van der Waals surface area contributed by atoms with Crippen molar-refractivity contribution in [3.8, 4) is 0 Å². The van der Waals surface area contributed by atoms with Crippen LogP contribution in [-0.2, 0) is 11.3 Å². The number of hydrogen-bond donors (Lipinski definition) is 0. The first-order valence-corrected chi connectivity index (χ1v) is 9.13. The Balaban J connectivity index is 1.80. The van der Waals surface area contributed by atoms with E-state index in [0.29, 0.717) is 11.6 Å². The Labute approximate surface area is 153 Å². The zero-order valence-corrected chi connectivity index (χ0v) is 15.1. The van der Waals surface area contributed by atoms with Crippen LogP contribution in [0.3, 0.4) is 0 Å². The van der Waals surface area contributed by atoms with E-state index in [9.17, 15) is 4.79 Å². The molecule has 1 fully saturated rings. The molecule has 1 amide bonds. The van der Waals surface area contributed by atoms with Crippen molar-refractivity contribution in [2.75, 3.05) is 22.9 Å². The number of nitrogens with zero attached hydrogens (tertiary/aromatic N) is 2. The maximum Gasteiger partial charge on any atom is 0.224 e. The summed E-state index contributed by atoms with van der Waals surface area (Å²) in [5.41, 5.74) is 5.46. The van der Waals surface area contributed by atoms with E-state index in [1.807, 2.05) is 29.2 Å². The smallest absolute Gasteiger partial charge is 0.224 e. The molecule has 0 bridgehead atoms. The first-order chi connectivity index (χ1) is 12.1. The summed E-state index contributed by atoms with van der Waals surface area (Å²) in [7, 11) is 0. The number of benzene rings is 2. The Bertz CT molecular complexity index is 853. The molecule has 0 atom stereocenters. The molecule has 0 unspecified atom stereocenters. The maximum atomic E-state index is 12.3. The molecule has 4 rings (SSSR count). The Morgan fingerprint density at radius 3 is 2.52 bits per heavy atom. The molecule has 2 aliphatic rings. The molecule has 0 aromatic heterocycles. The highest BCUT2D eigenvalue weighted by atomic mass is 35.5. The molecular weight excluding hydrogens is 332 g/mol. The van der Waals surface area contributed by atoms with Gasteiger partial charge in [0.2, 0.25) is 5.91 Å². The molecule has 0 N–H and O–H groups in total. The third-order valence-corrected chi connectivity index (χ3v) is 5.26. The first-order valence-electron chi connectivity index (χ1n) is 8.75. The van der Waals surface area contributed by atoms with E-state index >= 15 is 0 Å². The highest BCUT2D eigenvalue weighted by Crippen LogP contribution is 2.33. The van der Waals surface area contributed by atoms with Crippen LogP contribution < -0.4 is 9.80 Å². The van der Waals surface area contributed by atoms with Crippen molar-refractivity contribution in [2.45, 2.75) is 26.3 Å². The van der Waals surface area contributed by atoms with Crippen molar-refractivity contribution in [3.63, 3.8) is 0 Å². The van der Waals surface area contributed by atoms with Crippen LogP contribution in [0.15, 0.2) is 36.4 Å². The van der Waals surface area contributed by atoms with Crippen LogP contribution in [0.25, 0.3) is 12.2 Å². The lowest BCUT2D eigenvalue weighted by Gasteiger charge is -2.27. The van der Waals surface area contributed by atoms with Gasteiger partial charge in [0.05, 0.1) is 12.2 Å². The number of rotatable bonds is 1. The third kappa shape index (κ3) is 3.16. The lowest BCUT2D eigenvalue weighted by atomic mass is 10.00. The quantitative estimate of drug-likeness (QED) is 0.722. The van der Waals surface area contributed by atoms with Crippen molar-refractivity contribution in [2.24, 2.45) is 0 Å². The van der Waals surface area contributed by atoms with E-state index in [2.05, 4.69) is 29.2 Å². The van der Waals surface area contributed by atoms with Gasteiger partial charge in [-0.25, -0.2) is 0 Å². The summed E-state index contributed by atoms with van der Waals surface area (Å²) < 4.78 is 0. The number of carbonyl (C=O) groups excluding carboxylic acids is 1. The number of hydrogen-bond acceptors (Lipinski definition) is 2. The predicted molar refractivity (Wildman–Crippen MR) is 105 cm³/mol. The molecule has 1 saturated heterocycles. The van der Waals surface area contributed by atoms with Crippen LogP contribution in [0, 0.1) is 0 Å². The minimum absolute atomic E-state index is 0.0383. The second-order valence-corrected chi connectivity index (χ2v) is 7.16. The standard InChI is InChI=1S/C21H21ClN2O/c1-15(25)24-14-18-13-20(23-10-2-3-11-23)8-6-16(18)4-5-17-12-19(22)7-9-21(17)24/h4-9,12-13H,2-3,10-11,14H2,1H3/b5-4-. The van der Waals surface area contributed by atoms with Gasteiger partial charge in [-0.15, -0.1) is 0 Å². The lowest BCUT2D eigenvalue weighted by Crippen LogP contribution is -2.29. The highest BCUT2D eigenvalue weighted by Gasteiger charge is 2.20. The van der Waals surface area contributed by atoms with Crippen molar-refractivity contribution >= 4 is 41.0 Å². The fourth-order valence-corrected chi connectivity index (χ4v) is 3.86. The molecule has 3 nitrogen and oxygen atoms in total. The summed E-state index contributed by atoms with van der Waals surface area (Å²) in [5.74, 6) is 0.0383. The van der Waals surface area contributed by atoms with Crippen LogP contribution in [0.1, 0.15) is 36.5 Å². The Hall–Kier alpha value is -2.26. The summed E-state index contributed by atoms with van der Waals surface area (Å²) in [4.78, 5) is 16.6. The average molecular weight is 353 g/mol. The average Bonchev–Trinajstić information content (AvgIpc) is 3.11. The summed E-state index contributed by atoms with van der Waals surface area (Å²) in [6.07, 6.45) is 6.68. The van der Waals surface area contributed by atoms with E-state index in [4.69, 9.17) is 11.6 Å². The van der Waals surface area contributed by atoms with Crippen LogP contribution in [0.5, 0.6) is 0 Å². The predicted octanol–water partition coefficient (Wildman–Crippen LogP) is 4.98. The van der Waals surface area contributed by atoms with Gasteiger partial charge in [0.1, 0.15) is 0 Å². The summed E-state index contributed by atoms with van der Waals surface area (Å²) in [5, 5.41) is 0.678. The number of anilines is 2. The number of halogens is 1. The fourth-order valence-electron chi connectivity index (χ4n) is 3.68. The molecule has 25 heavy (non-hydrogen) atoms. The van der Waals surface area contributed by atoms with Gasteiger partial charge in [-0.3, -0.25) is 4.79 Å². The lowest BCUT2D eigenvalue weighted by molar-refractivity contribution is -0.116. The molecule has 4 heteroatoms. The van der Waals surface area contributed by atoms with Gasteiger partial charge in [0.15, 0.2) is 0 Å². The van der Waals surface area contributed by atoms with Gasteiger partial charge in [-0.05, 0) is 59.9 Å². The second kappa shape index (κ2) is 6.57. The van der Waals surface area contributed by atoms with Gasteiger partial charge in [-0.1, -0.05) is 29.8 Å². The topological polar surface area (TPSA) is 23.6 Å². The van der Waals surface area contributed by atoms with Gasteiger partial charge in [-0.2, -0.15) is 0 Å². The van der Waals surface area contributed by atoms with Gasteiger partial charge >= 0.3 is 0 Å². The van der Waals surface area contributed by atoms with Crippen molar-refractivity contribution in [1.29, 1.82) is 0 Å². The van der Waals surface area contributed by atoms with Gasteiger partial charge in [0.25, 0.3) is 0 Å². The zero-order chi connectivity index (χ0) is 17.4. The Morgan fingerprint density at radius 2 is 1.76 bits per heavy atom.